The molecule has 0 unspecified atom stereocenters. The highest BCUT2D eigenvalue weighted by atomic mass is 32.2. The number of hydrogen-bond donors (Lipinski definition) is 2. The number of aryl methyl sites for hydroxylation is 1. The van der Waals surface area contributed by atoms with Crippen LogP contribution in [0.3, 0.4) is 0 Å². The summed E-state index contributed by atoms with van der Waals surface area (Å²) in [6, 6.07) is 0. The van der Waals surface area contributed by atoms with Crippen LogP contribution in [0.15, 0.2) is 5.16 Å². The molecule has 0 aliphatic carbocycles. The maximum Gasteiger partial charge on any atom is 0.221 e. The van der Waals surface area contributed by atoms with Gasteiger partial charge in [0.1, 0.15) is 0 Å². The summed E-state index contributed by atoms with van der Waals surface area (Å²) in [5, 5.41) is 7.59. The van der Waals surface area contributed by atoms with Crippen molar-refractivity contribution in [2.75, 3.05) is 6.61 Å². The molecule has 0 saturated carbocycles. The van der Waals surface area contributed by atoms with Gasteiger partial charge >= 0.3 is 0 Å². The molecule has 0 fully saturated rings. The summed E-state index contributed by atoms with van der Waals surface area (Å²) in [4.78, 5) is 8.40. The number of thioether (sulfide) groups is 1. The van der Waals surface area contributed by atoms with E-state index >= 15 is 0 Å². The van der Waals surface area contributed by atoms with Crippen LogP contribution in [-0.4, -0.2) is 21.7 Å². The Balaban J connectivity index is 2.36. The summed E-state index contributed by atoms with van der Waals surface area (Å²) >= 11 is 1.04. The molecule has 1 aliphatic heterocycles. The first kappa shape index (κ1) is 9.26. The Morgan fingerprint density at radius 1 is 1.57 bits per heavy atom. The van der Waals surface area contributed by atoms with Crippen LogP contribution in [0.5, 0.6) is 5.88 Å². The van der Waals surface area contributed by atoms with Gasteiger partial charge in [-0.1, -0.05) is 0 Å². The van der Waals surface area contributed by atoms with E-state index in [1.54, 1.807) is 0 Å². The van der Waals surface area contributed by atoms with E-state index in [-0.39, 0.29) is 5.17 Å². The third-order valence-corrected chi connectivity index (χ3v) is 2.53. The van der Waals surface area contributed by atoms with Gasteiger partial charge in [-0.15, -0.1) is 0 Å². The Morgan fingerprint density at radius 3 is 3.07 bits per heavy atom. The van der Waals surface area contributed by atoms with Gasteiger partial charge in [0.25, 0.3) is 0 Å². The molecule has 0 aromatic carbocycles. The van der Waals surface area contributed by atoms with E-state index in [1.165, 1.54) is 0 Å². The highest BCUT2D eigenvalue weighted by Gasteiger charge is 2.18. The molecule has 2 rings (SSSR count). The first-order valence-corrected chi connectivity index (χ1v) is 5.00. The van der Waals surface area contributed by atoms with Gasteiger partial charge in [-0.2, -0.15) is 4.98 Å². The summed E-state index contributed by atoms with van der Waals surface area (Å²) in [5.41, 5.74) is 7.23. The average Bonchev–Trinajstić information content (AvgIpc) is 2.50. The number of nitrogens with zero attached hydrogens (tertiary/aromatic N) is 2. The third kappa shape index (κ3) is 1.65. The van der Waals surface area contributed by atoms with E-state index in [4.69, 9.17) is 15.9 Å². The van der Waals surface area contributed by atoms with Crippen molar-refractivity contribution in [1.29, 1.82) is 5.41 Å². The van der Waals surface area contributed by atoms with Crippen LogP contribution in [0.4, 0.5) is 0 Å². The van der Waals surface area contributed by atoms with Crippen LogP contribution in [0.25, 0.3) is 0 Å². The molecule has 1 aromatic heterocycles. The van der Waals surface area contributed by atoms with Crippen molar-refractivity contribution < 1.29 is 4.74 Å². The maximum absolute atomic E-state index is 7.12. The number of nitrogens with one attached hydrogen (secondary N) is 1. The first-order valence-electron chi connectivity index (χ1n) is 4.19. The average molecular weight is 210 g/mol. The Hall–Kier alpha value is -1.30. The summed E-state index contributed by atoms with van der Waals surface area (Å²) in [5.74, 6) is 0.640. The highest BCUT2D eigenvalue weighted by Crippen LogP contribution is 2.27. The summed E-state index contributed by atoms with van der Waals surface area (Å²) < 4.78 is 5.33. The van der Waals surface area contributed by atoms with Crippen LogP contribution < -0.4 is 10.5 Å². The molecule has 74 valence electrons. The zero-order valence-corrected chi connectivity index (χ0v) is 8.52. The van der Waals surface area contributed by atoms with Gasteiger partial charge in [0.2, 0.25) is 5.88 Å². The van der Waals surface area contributed by atoms with E-state index in [0.717, 1.165) is 29.4 Å². The minimum atomic E-state index is -0.0117. The van der Waals surface area contributed by atoms with Crippen LogP contribution in [0, 0.1) is 12.3 Å². The van der Waals surface area contributed by atoms with Crippen LogP contribution in [0.1, 0.15) is 11.3 Å². The minimum absolute atomic E-state index is 0.0117. The van der Waals surface area contributed by atoms with Crippen LogP contribution >= 0.6 is 11.8 Å². The van der Waals surface area contributed by atoms with Gasteiger partial charge in [0, 0.05) is 17.7 Å². The SMILES string of the molecule is Cc1nc(SC(=N)N)nc2c1CCO2. The first-order chi connectivity index (χ1) is 6.66. The topological polar surface area (TPSA) is 84.9 Å². The largest absolute Gasteiger partial charge is 0.477 e. The molecular weight excluding hydrogens is 200 g/mol. The number of hydrogen-bond acceptors (Lipinski definition) is 5. The number of nitrogens with two attached hydrogens (primary N) is 1. The van der Waals surface area contributed by atoms with Crippen molar-refractivity contribution in [1.82, 2.24) is 9.97 Å². The van der Waals surface area contributed by atoms with Crippen LogP contribution in [0.2, 0.25) is 0 Å². The lowest BCUT2D eigenvalue weighted by atomic mass is 10.2. The number of amidine groups is 1. The van der Waals surface area contributed by atoms with Gasteiger partial charge in [0.05, 0.1) is 6.61 Å². The molecule has 14 heavy (non-hydrogen) atoms. The van der Waals surface area contributed by atoms with Gasteiger partial charge < -0.3 is 10.5 Å². The number of fused-ring (bicyclic) bond motifs is 1. The Kier molecular flexibility index (Phi) is 2.28. The molecule has 0 amide bonds. The number of aromatic nitrogens is 2. The zero-order chi connectivity index (χ0) is 10.1. The van der Waals surface area contributed by atoms with Gasteiger partial charge in [-0.05, 0) is 18.7 Å². The molecule has 1 aromatic rings. The molecule has 5 nitrogen and oxygen atoms in total. The molecule has 0 spiro atoms. The second-order valence-electron chi connectivity index (χ2n) is 2.94. The van der Waals surface area contributed by atoms with Gasteiger partial charge in [-0.3, -0.25) is 5.41 Å². The monoisotopic (exact) mass is 210 g/mol. The van der Waals surface area contributed by atoms with Crippen molar-refractivity contribution in [3.05, 3.63) is 11.3 Å². The smallest absolute Gasteiger partial charge is 0.221 e. The van der Waals surface area contributed by atoms with E-state index in [0.29, 0.717) is 17.6 Å². The molecule has 0 saturated heterocycles. The quantitative estimate of drug-likeness (QED) is 0.308. The van der Waals surface area contributed by atoms with Gasteiger partial charge in [0.15, 0.2) is 10.3 Å². The normalized spacial score (nSPS) is 13.5. The minimum Gasteiger partial charge on any atom is -0.477 e. The van der Waals surface area contributed by atoms with E-state index in [1.807, 2.05) is 6.92 Å². The molecule has 0 bridgehead atoms. The van der Waals surface area contributed by atoms with E-state index in [9.17, 15) is 0 Å². The van der Waals surface area contributed by atoms with Crippen molar-refractivity contribution in [3.8, 4) is 5.88 Å². The Morgan fingerprint density at radius 2 is 2.36 bits per heavy atom. The summed E-state index contributed by atoms with van der Waals surface area (Å²) in [6.07, 6.45) is 0.867. The summed E-state index contributed by atoms with van der Waals surface area (Å²) in [6.45, 7) is 2.58. The lowest BCUT2D eigenvalue weighted by Crippen LogP contribution is -2.05. The van der Waals surface area contributed by atoms with E-state index in [2.05, 4.69) is 9.97 Å². The predicted octanol–water partition coefficient (Wildman–Crippen LogP) is 0.705. The maximum atomic E-state index is 7.12. The predicted molar refractivity (Wildman–Crippen MR) is 53.7 cm³/mol. The lowest BCUT2D eigenvalue weighted by Gasteiger charge is -2.03. The number of ether oxygens (including phenoxy) is 1. The highest BCUT2D eigenvalue weighted by molar-refractivity contribution is 8.13. The second kappa shape index (κ2) is 3.45. The number of rotatable bonds is 1. The third-order valence-electron chi connectivity index (χ3n) is 1.95. The fourth-order valence-corrected chi connectivity index (χ4v) is 1.85. The lowest BCUT2D eigenvalue weighted by molar-refractivity contribution is 0.342. The second-order valence-corrected chi connectivity index (χ2v) is 3.95. The molecule has 0 atom stereocenters. The molecule has 1 aliphatic rings. The zero-order valence-electron chi connectivity index (χ0n) is 7.70. The van der Waals surface area contributed by atoms with Gasteiger partial charge in [-0.25, -0.2) is 4.98 Å². The fraction of sp³-hybridized carbons (Fsp3) is 0.375. The molecular formula is C8H10N4OS. The fourth-order valence-electron chi connectivity index (χ4n) is 1.35. The molecule has 0 radical (unpaired) electrons. The van der Waals surface area contributed by atoms with E-state index < -0.39 is 0 Å². The van der Waals surface area contributed by atoms with Crippen molar-refractivity contribution in [2.24, 2.45) is 5.73 Å². The molecule has 2 heterocycles. The Labute approximate surface area is 85.6 Å². The van der Waals surface area contributed by atoms with Crippen LogP contribution in [-0.2, 0) is 6.42 Å². The Bertz CT molecular complexity index is 393. The standard InChI is InChI=1S/C8H10N4OS/c1-4-5-2-3-13-6(5)12-8(11-4)14-7(9)10/h2-3H2,1H3,(H3,9,10). The summed E-state index contributed by atoms with van der Waals surface area (Å²) in [7, 11) is 0. The van der Waals surface area contributed by atoms with Crippen molar-refractivity contribution >= 4 is 16.9 Å². The van der Waals surface area contributed by atoms with Crippen molar-refractivity contribution in [3.63, 3.8) is 0 Å². The molecule has 6 heteroatoms. The molecule has 3 N–H and O–H groups in total. The van der Waals surface area contributed by atoms with Crippen molar-refractivity contribution in [2.45, 2.75) is 18.5 Å².